The second-order valence-electron chi connectivity index (χ2n) is 5.95. The van der Waals surface area contributed by atoms with Gasteiger partial charge in [0.05, 0.1) is 10.5 Å². The molecule has 3 nitrogen and oxygen atoms in total. The van der Waals surface area contributed by atoms with E-state index in [1.165, 1.54) is 18.2 Å². The quantitative estimate of drug-likeness (QED) is 0.569. The summed E-state index contributed by atoms with van der Waals surface area (Å²) in [7, 11) is 0. The number of piperazine rings is 1. The van der Waals surface area contributed by atoms with Crippen molar-refractivity contribution in [1.29, 1.82) is 0 Å². The van der Waals surface area contributed by atoms with Gasteiger partial charge in [-0.25, -0.2) is 4.39 Å². The molecule has 1 fully saturated rings. The fourth-order valence-electron chi connectivity index (χ4n) is 3.11. The highest BCUT2D eigenvalue weighted by Crippen LogP contribution is 2.36. The summed E-state index contributed by atoms with van der Waals surface area (Å²) >= 11 is 3.31. The minimum atomic E-state index is -4.73. The minimum Gasteiger partial charge on any atom is -0.406 e. The van der Waals surface area contributed by atoms with E-state index in [1.54, 1.807) is 18.2 Å². The molecule has 0 saturated carbocycles. The Balaban J connectivity index is 0.00000196. The molecule has 0 spiro atoms. The second-order valence-corrected chi connectivity index (χ2v) is 6.74. The molecular weight excluding hydrogens is 487 g/mol. The molecule has 156 valence electrons. The molecule has 1 atom stereocenters. The van der Waals surface area contributed by atoms with Crippen molar-refractivity contribution in [2.45, 2.75) is 12.4 Å². The minimum absolute atomic E-state index is 0. The van der Waals surface area contributed by atoms with Crippen LogP contribution in [-0.2, 0) is 0 Å². The van der Waals surface area contributed by atoms with Gasteiger partial charge in [0.1, 0.15) is 11.6 Å². The third-order valence-corrected chi connectivity index (χ3v) is 5.06. The van der Waals surface area contributed by atoms with E-state index in [4.69, 9.17) is 0 Å². The van der Waals surface area contributed by atoms with Crippen LogP contribution in [0.4, 0.5) is 17.6 Å². The predicted octanol–water partition coefficient (Wildman–Crippen LogP) is 5.33. The van der Waals surface area contributed by atoms with Crippen LogP contribution < -0.4 is 10.1 Å². The molecule has 0 aliphatic carbocycles. The highest BCUT2D eigenvalue weighted by Gasteiger charge is 2.31. The molecule has 0 aromatic heterocycles. The van der Waals surface area contributed by atoms with Gasteiger partial charge in [-0.15, -0.1) is 38.0 Å². The van der Waals surface area contributed by atoms with Gasteiger partial charge in [-0.3, -0.25) is 4.90 Å². The third-order valence-electron chi connectivity index (χ3n) is 4.22. The average Bonchev–Trinajstić information content (AvgIpc) is 2.60. The van der Waals surface area contributed by atoms with Crippen molar-refractivity contribution in [3.05, 3.63) is 63.9 Å². The van der Waals surface area contributed by atoms with Crippen molar-refractivity contribution in [1.82, 2.24) is 10.2 Å². The molecule has 1 aliphatic heterocycles. The first-order valence-electron chi connectivity index (χ1n) is 8.09. The van der Waals surface area contributed by atoms with Gasteiger partial charge in [0.2, 0.25) is 0 Å². The molecule has 1 aliphatic rings. The lowest BCUT2D eigenvalue weighted by atomic mass is 9.96. The van der Waals surface area contributed by atoms with Gasteiger partial charge in [-0.2, -0.15) is 0 Å². The van der Waals surface area contributed by atoms with E-state index in [0.717, 1.165) is 37.3 Å². The molecule has 0 unspecified atom stereocenters. The molecule has 1 N–H and O–H groups in total. The van der Waals surface area contributed by atoms with Gasteiger partial charge in [-0.05, 0) is 45.3 Å². The van der Waals surface area contributed by atoms with E-state index in [2.05, 4.69) is 30.9 Å². The number of hydrogen-bond acceptors (Lipinski definition) is 3. The van der Waals surface area contributed by atoms with Crippen LogP contribution in [0, 0.1) is 5.82 Å². The van der Waals surface area contributed by atoms with Crippen LogP contribution in [0.3, 0.4) is 0 Å². The van der Waals surface area contributed by atoms with Crippen LogP contribution in [0.15, 0.2) is 46.9 Å². The van der Waals surface area contributed by atoms with Crippen LogP contribution in [0.25, 0.3) is 0 Å². The number of hydrogen-bond donors (Lipinski definition) is 1. The van der Waals surface area contributed by atoms with E-state index in [-0.39, 0.29) is 42.4 Å². The summed E-state index contributed by atoms with van der Waals surface area (Å²) in [5, 5.41) is 3.26. The van der Waals surface area contributed by atoms with E-state index < -0.39 is 6.36 Å². The Bertz CT molecular complexity index is 756. The Morgan fingerprint density at radius 2 is 1.61 bits per heavy atom. The largest absolute Gasteiger partial charge is 0.573 e. The first-order valence-corrected chi connectivity index (χ1v) is 8.89. The summed E-state index contributed by atoms with van der Waals surface area (Å²) in [6.07, 6.45) is -4.73. The molecule has 0 bridgehead atoms. The van der Waals surface area contributed by atoms with E-state index in [1.807, 2.05) is 6.07 Å². The van der Waals surface area contributed by atoms with E-state index >= 15 is 0 Å². The first kappa shape index (κ1) is 25.0. The second kappa shape index (κ2) is 10.6. The Kier molecular flexibility index (Phi) is 9.49. The van der Waals surface area contributed by atoms with Crippen molar-refractivity contribution in [3.63, 3.8) is 0 Å². The lowest BCUT2D eigenvalue weighted by Crippen LogP contribution is -2.45. The van der Waals surface area contributed by atoms with Crippen LogP contribution in [0.2, 0.25) is 0 Å². The smallest absolute Gasteiger partial charge is 0.406 e. The number of ether oxygens (including phenoxy) is 1. The molecule has 10 heteroatoms. The fourth-order valence-corrected chi connectivity index (χ4v) is 3.59. The van der Waals surface area contributed by atoms with E-state index in [9.17, 15) is 17.6 Å². The van der Waals surface area contributed by atoms with Gasteiger partial charge in [0.25, 0.3) is 0 Å². The number of nitrogens with one attached hydrogen (secondary N) is 1. The van der Waals surface area contributed by atoms with Gasteiger partial charge >= 0.3 is 6.36 Å². The Labute approximate surface area is 181 Å². The number of rotatable bonds is 4. The maximum atomic E-state index is 14.0. The monoisotopic (exact) mass is 504 g/mol. The summed E-state index contributed by atoms with van der Waals surface area (Å²) in [6.45, 7) is 3.07. The summed E-state index contributed by atoms with van der Waals surface area (Å²) in [5.74, 6) is -0.654. The summed E-state index contributed by atoms with van der Waals surface area (Å²) in [5.41, 5.74) is 1.50. The lowest BCUT2D eigenvalue weighted by molar-refractivity contribution is -0.274. The third kappa shape index (κ3) is 6.22. The Morgan fingerprint density at radius 1 is 1.00 bits per heavy atom. The first-order chi connectivity index (χ1) is 12.3. The predicted molar refractivity (Wildman–Crippen MR) is 108 cm³/mol. The highest BCUT2D eigenvalue weighted by atomic mass is 79.9. The molecule has 28 heavy (non-hydrogen) atoms. The highest BCUT2D eigenvalue weighted by molar-refractivity contribution is 9.10. The molecule has 3 rings (SSSR count). The Morgan fingerprint density at radius 3 is 2.18 bits per heavy atom. The zero-order chi connectivity index (χ0) is 18.7. The molecule has 0 amide bonds. The zero-order valence-corrected chi connectivity index (χ0v) is 17.7. The SMILES string of the molecule is Cl.Cl.Fc1cccc([C@@H](c2ccc(OC(F)(F)F)cc2)N2CCNCC2)c1Br. The van der Waals surface area contributed by atoms with Gasteiger partial charge in [0.15, 0.2) is 0 Å². The van der Waals surface area contributed by atoms with Crippen molar-refractivity contribution >= 4 is 40.7 Å². The number of halogens is 7. The maximum Gasteiger partial charge on any atom is 0.573 e. The van der Waals surface area contributed by atoms with Crippen LogP contribution in [0.1, 0.15) is 17.2 Å². The van der Waals surface area contributed by atoms with Gasteiger partial charge in [-0.1, -0.05) is 24.3 Å². The Hall–Kier alpha value is -1.06. The van der Waals surface area contributed by atoms with Crippen molar-refractivity contribution < 1.29 is 22.3 Å². The number of alkyl halides is 3. The zero-order valence-electron chi connectivity index (χ0n) is 14.5. The molecule has 1 heterocycles. The summed E-state index contributed by atoms with van der Waals surface area (Å²) in [4.78, 5) is 2.18. The topological polar surface area (TPSA) is 24.5 Å². The van der Waals surface area contributed by atoms with Crippen LogP contribution in [-0.4, -0.2) is 37.4 Å². The molecule has 0 radical (unpaired) electrons. The maximum absolute atomic E-state index is 14.0. The van der Waals surface area contributed by atoms with Crippen molar-refractivity contribution in [2.75, 3.05) is 26.2 Å². The van der Waals surface area contributed by atoms with E-state index in [0.29, 0.717) is 4.47 Å². The van der Waals surface area contributed by atoms with Gasteiger partial charge < -0.3 is 10.1 Å². The molecule has 1 saturated heterocycles. The number of nitrogens with zero attached hydrogens (tertiary/aromatic N) is 1. The number of benzene rings is 2. The van der Waals surface area contributed by atoms with Crippen molar-refractivity contribution in [3.8, 4) is 5.75 Å². The molecule has 2 aromatic carbocycles. The van der Waals surface area contributed by atoms with Gasteiger partial charge in [0, 0.05) is 26.2 Å². The summed E-state index contributed by atoms with van der Waals surface area (Å²) < 4.78 is 55.5. The molecule has 2 aromatic rings. The fraction of sp³-hybridized carbons (Fsp3) is 0.333. The molecular formula is C18H19BrCl2F4N2O. The van der Waals surface area contributed by atoms with Crippen LogP contribution in [0.5, 0.6) is 5.75 Å². The standard InChI is InChI=1S/C18H17BrF4N2O.2ClH/c19-16-14(2-1-3-15(16)20)17(25-10-8-24-9-11-25)12-4-6-13(7-5-12)26-18(21,22)23;;/h1-7,17,24H,8-11H2;2*1H/t17-;;/m1../s1. The lowest BCUT2D eigenvalue weighted by Gasteiger charge is -2.36. The van der Waals surface area contributed by atoms with Crippen molar-refractivity contribution in [2.24, 2.45) is 0 Å². The normalized spacial score (nSPS) is 15.9. The average molecular weight is 506 g/mol. The summed E-state index contributed by atoms with van der Waals surface area (Å²) in [6, 6.07) is 10.3. The van der Waals surface area contributed by atoms with Crippen LogP contribution >= 0.6 is 40.7 Å².